The van der Waals surface area contributed by atoms with Crippen molar-refractivity contribution in [1.82, 2.24) is 4.98 Å². The largest absolute Gasteiger partial charge is 0.493 e. The molecule has 1 unspecified atom stereocenters. The van der Waals surface area contributed by atoms with Crippen LogP contribution in [0.5, 0.6) is 5.75 Å². The first-order valence-corrected chi connectivity index (χ1v) is 10.2. The van der Waals surface area contributed by atoms with Gasteiger partial charge >= 0.3 is 5.97 Å². The number of carboxylic acids is 1. The third-order valence-electron chi connectivity index (χ3n) is 5.43. The van der Waals surface area contributed by atoms with Crippen molar-refractivity contribution in [3.63, 3.8) is 0 Å². The van der Waals surface area contributed by atoms with E-state index in [9.17, 15) is 9.90 Å². The average molecular weight is 407 g/mol. The highest BCUT2D eigenvalue weighted by Crippen LogP contribution is 2.30. The molecule has 1 atom stereocenters. The molecule has 30 heavy (non-hydrogen) atoms. The third kappa shape index (κ3) is 4.39. The lowest BCUT2D eigenvalue weighted by atomic mass is 9.92. The lowest BCUT2D eigenvalue weighted by molar-refractivity contribution is -0.159. The van der Waals surface area contributed by atoms with E-state index in [-0.39, 0.29) is 0 Å². The van der Waals surface area contributed by atoms with Gasteiger partial charge in [-0.05, 0) is 49.6 Å². The second-order valence-corrected chi connectivity index (χ2v) is 7.56. The lowest BCUT2D eigenvalue weighted by Crippen LogP contribution is -2.40. The van der Waals surface area contributed by atoms with Gasteiger partial charge in [0.25, 0.3) is 0 Å². The molecule has 156 valence electrons. The maximum absolute atomic E-state index is 11.6. The SMILES string of the molecule is Cc1oc(-c2ccccc2)nc1CCOc1ccc(CC2(C(=O)O)CCCO2)cc1. The summed E-state index contributed by atoms with van der Waals surface area (Å²) in [6.07, 6.45) is 2.33. The summed E-state index contributed by atoms with van der Waals surface area (Å²) in [5.41, 5.74) is 1.66. The Balaban J connectivity index is 1.33. The minimum absolute atomic E-state index is 0.364. The van der Waals surface area contributed by atoms with Crippen LogP contribution >= 0.6 is 0 Å². The molecule has 1 aliphatic heterocycles. The van der Waals surface area contributed by atoms with E-state index in [4.69, 9.17) is 13.9 Å². The Bertz CT molecular complexity index is 988. The van der Waals surface area contributed by atoms with E-state index in [1.807, 2.05) is 61.5 Å². The molecule has 6 nitrogen and oxygen atoms in total. The number of nitrogens with zero attached hydrogens (tertiary/aromatic N) is 1. The fraction of sp³-hybridized carbons (Fsp3) is 0.333. The van der Waals surface area contributed by atoms with Crippen LogP contribution in [0.1, 0.15) is 29.9 Å². The van der Waals surface area contributed by atoms with Gasteiger partial charge in [-0.3, -0.25) is 0 Å². The number of aryl methyl sites for hydroxylation is 1. The fourth-order valence-corrected chi connectivity index (χ4v) is 3.74. The number of rotatable bonds is 8. The first kappa shape index (κ1) is 20.2. The predicted octanol–water partition coefficient (Wildman–Crippen LogP) is 4.45. The minimum Gasteiger partial charge on any atom is -0.493 e. The number of hydrogen-bond acceptors (Lipinski definition) is 5. The predicted molar refractivity (Wildman–Crippen MR) is 112 cm³/mol. The molecule has 0 amide bonds. The zero-order chi connectivity index (χ0) is 21.0. The van der Waals surface area contributed by atoms with Gasteiger partial charge in [-0.2, -0.15) is 0 Å². The van der Waals surface area contributed by atoms with E-state index >= 15 is 0 Å². The van der Waals surface area contributed by atoms with Crippen LogP contribution in [0.4, 0.5) is 0 Å². The molecule has 0 saturated carbocycles. The molecule has 1 aliphatic rings. The molecule has 1 N–H and O–H groups in total. The fourth-order valence-electron chi connectivity index (χ4n) is 3.74. The number of aromatic nitrogens is 1. The van der Waals surface area contributed by atoms with Crippen molar-refractivity contribution in [3.8, 4) is 17.2 Å². The van der Waals surface area contributed by atoms with E-state index in [2.05, 4.69) is 4.98 Å². The molecule has 2 aromatic carbocycles. The van der Waals surface area contributed by atoms with E-state index in [1.165, 1.54) is 0 Å². The van der Waals surface area contributed by atoms with Crippen LogP contribution in [-0.2, 0) is 22.4 Å². The molecule has 6 heteroatoms. The second kappa shape index (κ2) is 8.71. The quantitative estimate of drug-likeness (QED) is 0.594. The van der Waals surface area contributed by atoms with Gasteiger partial charge in [-0.25, -0.2) is 9.78 Å². The summed E-state index contributed by atoms with van der Waals surface area (Å²) >= 11 is 0. The number of carbonyl (C=O) groups is 1. The van der Waals surface area contributed by atoms with Gasteiger partial charge in [0, 0.05) is 25.0 Å². The maximum atomic E-state index is 11.6. The van der Waals surface area contributed by atoms with Crippen molar-refractivity contribution in [3.05, 3.63) is 71.6 Å². The molecule has 2 heterocycles. The topological polar surface area (TPSA) is 81.8 Å². The molecule has 0 bridgehead atoms. The zero-order valence-electron chi connectivity index (χ0n) is 17.0. The van der Waals surface area contributed by atoms with Crippen LogP contribution < -0.4 is 4.74 Å². The van der Waals surface area contributed by atoms with Crippen molar-refractivity contribution in [2.45, 2.75) is 38.2 Å². The molecule has 1 fully saturated rings. The van der Waals surface area contributed by atoms with Gasteiger partial charge in [0.2, 0.25) is 5.89 Å². The van der Waals surface area contributed by atoms with E-state index < -0.39 is 11.6 Å². The van der Waals surface area contributed by atoms with Crippen LogP contribution in [0.2, 0.25) is 0 Å². The van der Waals surface area contributed by atoms with Gasteiger partial charge < -0.3 is 19.0 Å². The minimum atomic E-state index is -1.09. The van der Waals surface area contributed by atoms with Crippen LogP contribution in [0.25, 0.3) is 11.5 Å². The Labute approximate surface area is 175 Å². The maximum Gasteiger partial charge on any atom is 0.336 e. The Morgan fingerprint density at radius 2 is 1.93 bits per heavy atom. The molecule has 0 aliphatic carbocycles. The van der Waals surface area contributed by atoms with Gasteiger partial charge in [-0.1, -0.05) is 30.3 Å². The number of hydrogen-bond donors (Lipinski definition) is 1. The number of benzene rings is 2. The number of oxazole rings is 1. The monoisotopic (exact) mass is 407 g/mol. The van der Waals surface area contributed by atoms with Gasteiger partial charge in [-0.15, -0.1) is 0 Å². The summed E-state index contributed by atoms with van der Waals surface area (Å²) in [7, 11) is 0. The van der Waals surface area contributed by atoms with Crippen LogP contribution in [0.3, 0.4) is 0 Å². The van der Waals surface area contributed by atoms with E-state index in [0.717, 1.165) is 34.8 Å². The summed E-state index contributed by atoms with van der Waals surface area (Å²) < 4.78 is 17.2. The molecule has 1 saturated heterocycles. The number of aliphatic carboxylic acids is 1. The molecular weight excluding hydrogens is 382 g/mol. The first-order valence-electron chi connectivity index (χ1n) is 10.2. The Morgan fingerprint density at radius 1 is 1.17 bits per heavy atom. The van der Waals surface area contributed by atoms with Crippen molar-refractivity contribution in [2.24, 2.45) is 0 Å². The third-order valence-corrected chi connectivity index (χ3v) is 5.43. The second-order valence-electron chi connectivity index (χ2n) is 7.56. The summed E-state index contributed by atoms with van der Waals surface area (Å²) in [5, 5.41) is 9.54. The first-order chi connectivity index (χ1) is 14.6. The van der Waals surface area contributed by atoms with Crippen molar-refractivity contribution >= 4 is 5.97 Å². The van der Waals surface area contributed by atoms with Crippen LogP contribution in [-0.4, -0.2) is 34.9 Å². The van der Waals surface area contributed by atoms with Gasteiger partial charge in [0.05, 0.1) is 12.3 Å². The molecule has 4 rings (SSSR count). The highest BCUT2D eigenvalue weighted by molar-refractivity contribution is 5.78. The van der Waals surface area contributed by atoms with E-state index in [0.29, 0.717) is 38.4 Å². The summed E-state index contributed by atoms with van der Waals surface area (Å²) in [6, 6.07) is 17.3. The van der Waals surface area contributed by atoms with Crippen molar-refractivity contribution in [1.29, 1.82) is 0 Å². The summed E-state index contributed by atoms with van der Waals surface area (Å²) in [6.45, 7) is 2.89. The Kier molecular flexibility index (Phi) is 5.86. The summed E-state index contributed by atoms with van der Waals surface area (Å²) in [5.74, 6) is 1.26. The van der Waals surface area contributed by atoms with Crippen molar-refractivity contribution < 1.29 is 23.8 Å². The van der Waals surface area contributed by atoms with Crippen molar-refractivity contribution in [2.75, 3.05) is 13.2 Å². The molecular formula is C24H25NO5. The van der Waals surface area contributed by atoms with Crippen LogP contribution in [0, 0.1) is 6.92 Å². The highest BCUT2D eigenvalue weighted by Gasteiger charge is 2.42. The Hall–Kier alpha value is -3.12. The average Bonchev–Trinajstić information content (AvgIpc) is 3.38. The molecule has 3 aromatic rings. The number of ether oxygens (including phenoxy) is 2. The molecule has 0 radical (unpaired) electrons. The van der Waals surface area contributed by atoms with Gasteiger partial charge in [0.15, 0.2) is 5.60 Å². The molecule has 0 spiro atoms. The Morgan fingerprint density at radius 3 is 2.60 bits per heavy atom. The lowest BCUT2D eigenvalue weighted by Gasteiger charge is -2.23. The smallest absolute Gasteiger partial charge is 0.336 e. The summed E-state index contributed by atoms with van der Waals surface area (Å²) in [4.78, 5) is 16.2. The molecule has 1 aromatic heterocycles. The normalized spacial score (nSPS) is 18.4. The zero-order valence-corrected chi connectivity index (χ0v) is 17.0. The number of carboxylic acid groups (broad SMARTS) is 1. The van der Waals surface area contributed by atoms with E-state index in [1.54, 1.807) is 0 Å². The van der Waals surface area contributed by atoms with Crippen LogP contribution in [0.15, 0.2) is 59.0 Å². The van der Waals surface area contributed by atoms with Gasteiger partial charge in [0.1, 0.15) is 11.5 Å². The standard InChI is InChI=1S/C24H25NO5/c1-17-21(25-22(30-17)19-6-3-2-4-7-19)12-15-28-20-10-8-18(9-11-20)16-24(23(26)27)13-5-14-29-24/h2-4,6-11H,5,12-16H2,1H3,(H,26,27). The highest BCUT2D eigenvalue weighted by atomic mass is 16.5.